The molecule has 222 valence electrons. The van der Waals surface area contributed by atoms with E-state index in [9.17, 15) is 9.59 Å². The van der Waals surface area contributed by atoms with Crippen LogP contribution < -0.4 is 20.9 Å². The normalized spacial score (nSPS) is 15.8. The zero-order valence-corrected chi connectivity index (χ0v) is 24.2. The van der Waals surface area contributed by atoms with Crippen LogP contribution in [0.25, 0.3) is 0 Å². The van der Waals surface area contributed by atoms with Crippen LogP contribution in [0.3, 0.4) is 0 Å². The summed E-state index contributed by atoms with van der Waals surface area (Å²) in [5, 5.41) is 9.43. The van der Waals surface area contributed by atoms with Crippen LogP contribution >= 0.6 is 0 Å². The molecule has 2 aliphatic heterocycles. The summed E-state index contributed by atoms with van der Waals surface area (Å²) in [5.74, 6) is 0.322. The number of pyridine rings is 1. The van der Waals surface area contributed by atoms with Gasteiger partial charge in [-0.05, 0) is 74.0 Å². The van der Waals surface area contributed by atoms with E-state index in [0.717, 1.165) is 82.4 Å². The maximum Gasteiger partial charge on any atom is 0.255 e. The highest BCUT2D eigenvalue weighted by Gasteiger charge is 2.16. The Morgan fingerprint density at radius 2 is 1.55 bits per heavy atom. The Morgan fingerprint density at radius 3 is 2.31 bits per heavy atom. The number of carbonyl (C=O) groups is 2. The number of nitrogens with zero attached hydrogens (tertiary/aromatic N) is 3. The summed E-state index contributed by atoms with van der Waals surface area (Å²) in [6.45, 7) is 11.2. The Bertz CT molecular complexity index is 1340. The number of carbonyl (C=O) groups excluding carboxylic acids is 2. The highest BCUT2D eigenvalue weighted by molar-refractivity contribution is 6.07. The molecule has 3 heterocycles. The predicted molar refractivity (Wildman–Crippen MR) is 164 cm³/mol. The number of morpholine rings is 2. The zero-order chi connectivity index (χ0) is 29.1. The lowest BCUT2D eigenvalue weighted by atomic mass is 10.1. The number of amides is 2. The summed E-state index contributed by atoms with van der Waals surface area (Å²) in [6.07, 6.45) is 2.74. The fourth-order valence-corrected chi connectivity index (χ4v) is 5.02. The molecule has 0 aliphatic carbocycles. The van der Waals surface area contributed by atoms with E-state index in [1.165, 1.54) is 0 Å². The van der Waals surface area contributed by atoms with Crippen molar-refractivity contribution in [3.63, 3.8) is 0 Å². The molecule has 0 radical (unpaired) electrons. The first-order valence-corrected chi connectivity index (χ1v) is 14.7. The third kappa shape index (κ3) is 8.36. The molecule has 10 nitrogen and oxygen atoms in total. The van der Waals surface area contributed by atoms with Gasteiger partial charge in [0.05, 0.1) is 26.4 Å². The molecule has 3 N–H and O–H groups in total. The van der Waals surface area contributed by atoms with Gasteiger partial charge in [-0.25, -0.2) is 4.98 Å². The van der Waals surface area contributed by atoms with Crippen molar-refractivity contribution in [1.29, 1.82) is 0 Å². The van der Waals surface area contributed by atoms with Gasteiger partial charge in [0.2, 0.25) is 0 Å². The van der Waals surface area contributed by atoms with Gasteiger partial charge in [-0.1, -0.05) is 18.2 Å². The van der Waals surface area contributed by atoms with Crippen LogP contribution in [0.5, 0.6) is 0 Å². The molecule has 0 atom stereocenters. The Morgan fingerprint density at radius 1 is 0.833 bits per heavy atom. The van der Waals surface area contributed by atoms with Crippen LogP contribution in [-0.2, 0) is 16.0 Å². The number of hydrogen-bond donors (Lipinski definition) is 3. The molecule has 0 saturated carbocycles. The maximum atomic E-state index is 13.0. The van der Waals surface area contributed by atoms with Crippen LogP contribution in [0.1, 0.15) is 38.3 Å². The van der Waals surface area contributed by atoms with Gasteiger partial charge in [-0.3, -0.25) is 14.5 Å². The molecule has 2 aliphatic rings. The number of aryl methyl sites for hydroxylation is 1. The maximum absolute atomic E-state index is 13.0. The topological polar surface area (TPSA) is 108 Å². The molecule has 1 aromatic heterocycles. The summed E-state index contributed by atoms with van der Waals surface area (Å²) in [5.41, 5.74) is 4.37. The van der Waals surface area contributed by atoms with Crippen molar-refractivity contribution in [3.05, 3.63) is 83.0 Å². The SMILES string of the molecule is Cc1ccc(NC(=O)c2ccnc(N3CCOCC3)c2)cc1NC(=O)c1ccc(CNCCCN2CCOCC2)cc1. The summed E-state index contributed by atoms with van der Waals surface area (Å²) in [7, 11) is 0. The first kappa shape index (κ1) is 29.7. The van der Waals surface area contributed by atoms with Crippen molar-refractivity contribution >= 4 is 29.0 Å². The van der Waals surface area contributed by atoms with Crippen LogP contribution in [0.4, 0.5) is 17.2 Å². The highest BCUT2D eigenvalue weighted by atomic mass is 16.5. The van der Waals surface area contributed by atoms with Crippen molar-refractivity contribution in [2.24, 2.45) is 0 Å². The predicted octanol–water partition coefficient (Wildman–Crippen LogP) is 3.54. The largest absolute Gasteiger partial charge is 0.379 e. The number of anilines is 3. The van der Waals surface area contributed by atoms with E-state index in [-0.39, 0.29) is 11.8 Å². The lowest BCUT2D eigenvalue weighted by Crippen LogP contribution is -2.37. The fourth-order valence-electron chi connectivity index (χ4n) is 5.02. The van der Waals surface area contributed by atoms with Gasteiger partial charge in [0.15, 0.2) is 0 Å². The van der Waals surface area contributed by atoms with Gasteiger partial charge < -0.3 is 30.3 Å². The number of ether oxygens (including phenoxy) is 2. The smallest absolute Gasteiger partial charge is 0.255 e. The highest BCUT2D eigenvalue weighted by Crippen LogP contribution is 2.23. The van der Waals surface area contributed by atoms with E-state index in [1.807, 2.05) is 43.3 Å². The molecule has 3 aromatic rings. The Kier molecular flexibility index (Phi) is 10.5. The quantitative estimate of drug-likeness (QED) is 0.300. The summed E-state index contributed by atoms with van der Waals surface area (Å²) in [6, 6.07) is 16.6. The van der Waals surface area contributed by atoms with Gasteiger partial charge in [-0.15, -0.1) is 0 Å². The molecule has 42 heavy (non-hydrogen) atoms. The minimum Gasteiger partial charge on any atom is -0.379 e. The van der Waals surface area contributed by atoms with E-state index in [0.29, 0.717) is 35.7 Å². The number of rotatable bonds is 11. The van der Waals surface area contributed by atoms with Gasteiger partial charge >= 0.3 is 0 Å². The number of benzene rings is 2. The molecule has 0 bridgehead atoms. The molecule has 2 aromatic carbocycles. The Hall–Kier alpha value is -3.83. The molecule has 2 saturated heterocycles. The number of aromatic nitrogens is 1. The van der Waals surface area contributed by atoms with E-state index >= 15 is 0 Å². The van der Waals surface area contributed by atoms with Gasteiger partial charge in [0.25, 0.3) is 11.8 Å². The third-order valence-corrected chi connectivity index (χ3v) is 7.56. The van der Waals surface area contributed by atoms with Crippen molar-refractivity contribution in [2.75, 3.05) is 81.2 Å². The molecule has 10 heteroatoms. The van der Waals surface area contributed by atoms with Crippen LogP contribution in [0, 0.1) is 6.92 Å². The average molecular weight is 573 g/mol. The van der Waals surface area contributed by atoms with Crippen molar-refractivity contribution < 1.29 is 19.1 Å². The van der Waals surface area contributed by atoms with Crippen LogP contribution in [0.15, 0.2) is 60.8 Å². The third-order valence-electron chi connectivity index (χ3n) is 7.56. The van der Waals surface area contributed by atoms with Crippen LogP contribution in [0.2, 0.25) is 0 Å². The van der Waals surface area contributed by atoms with E-state index in [2.05, 4.69) is 30.7 Å². The summed E-state index contributed by atoms with van der Waals surface area (Å²) >= 11 is 0. The van der Waals surface area contributed by atoms with Crippen molar-refractivity contribution in [2.45, 2.75) is 19.9 Å². The minimum atomic E-state index is -0.238. The van der Waals surface area contributed by atoms with Gasteiger partial charge in [0, 0.05) is 61.4 Å². The van der Waals surface area contributed by atoms with Gasteiger partial charge in [0.1, 0.15) is 5.82 Å². The molecule has 0 spiro atoms. The number of nitrogens with one attached hydrogen (secondary N) is 3. The van der Waals surface area contributed by atoms with Crippen molar-refractivity contribution in [3.8, 4) is 0 Å². The molecule has 2 amide bonds. The minimum absolute atomic E-state index is 0.198. The first-order valence-electron chi connectivity index (χ1n) is 14.7. The standard InChI is InChI=1S/C32H40N6O4/c1-24-3-8-28(35-32(40)27-9-11-34-30(21-27)38-15-19-42-20-16-38)22-29(24)36-31(39)26-6-4-25(5-7-26)23-33-10-2-12-37-13-17-41-18-14-37/h3-9,11,21-22,33H,2,10,12-20,23H2,1H3,(H,35,40)(H,36,39). The van der Waals surface area contributed by atoms with Gasteiger partial charge in [-0.2, -0.15) is 0 Å². The molecule has 2 fully saturated rings. The zero-order valence-electron chi connectivity index (χ0n) is 24.2. The lowest BCUT2D eigenvalue weighted by Gasteiger charge is -2.27. The van der Waals surface area contributed by atoms with Crippen molar-refractivity contribution in [1.82, 2.24) is 15.2 Å². The second-order valence-corrected chi connectivity index (χ2v) is 10.6. The Balaban J connectivity index is 1.11. The van der Waals surface area contributed by atoms with E-state index in [4.69, 9.17) is 9.47 Å². The summed E-state index contributed by atoms with van der Waals surface area (Å²) in [4.78, 5) is 35.0. The van der Waals surface area contributed by atoms with Crippen LogP contribution in [-0.4, -0.2) is 87.4 Å². The lowest BCUT2D eigenvalue weighted by molar-refractivity contribution is 0.0374. The molecular weight excluding hydrogens is 532 g/mol. The second kappa shape index (κ2) is 14.9. The molecular formula is C32H40N6O4. The average Bonchev–Trinajstić information content (AvgIpc) is 3.03. The first-order chi connectivity index (χ1) is 20.5. The second-order valence-electron chi connectivity index (χ2n) is 10.6. The Labute approximate surface area is 247 Å². The fraction of sp³-hybridized carbons (Fsp3) is 0.406. The van der Waals surface area contributed by atoms with E-state index < -0.39 is 0 Å². The monoisotopic (exact) mass is 572 g/mol. The van der Waals surface area contributed by atoms with E-state index in [1.54, 1.807) is 24.4 Å². The summed E-state index contributed by atoms with van der Waals surface area (Å²) < 4.78 is 10.8. The molecule has 0 unspecified atom stereocenters. The molecule has 5 rings (SSSR count). The number of hydrogen-bond acceptors (Lipinski definition) is 8.